The lowest BCUT2D eigenvalue weighted by Gasteiger charge is -2.11. The Kier molecular flexibility index (Phi) is 7.04. The maximum absolute atomic E-state index is 12.0. The Hall–Kier alpha value is -1.05. The lowest BCUT2D eigenvalue weighted by molar-refractivity contribution is -0.135. The van der Waals surface area contributed by atoms with Crippen LogP contribution in [0.4, 0.5) is 24.8 Å². The van der Waals surface area contributed by atoms with Crippen molar-refractivity contribution >= 4 is 27.6 Å². The Morgan fingerprint density at radius 1 is 1.10 bits per heavy atom. The van der Waals surface area contributed by atoms with Crippen molar-refractivity contribution in [1.29, 1.82) is 0 Å². The summed E-state index contributed by atoms with van der Waals surface area (Å²) in [6.45, 7) is 3.28. The predicted molar refractivity (Wildman–Crippen MR) is 76.9 cm³/mol. The summed E-state index contributed by atoms with van der Waals surface area (Å²) in [5.74, 6) is 1.27. The van der Waals surface area contributed by atoms with E-state index in [0.717, 1.165) is 13.0 Å². The largest absolute Gasteiger partial charge is 0.389 e. The highest BCUT2D eigenvalue weighted by Crippen LogP contribution is 2.27. The van der Waals surface area contributed by atoms with E-state index in [2.05, 4.69) is 36.5 Å². The summed E-state index contributed by atoms with van der Waals surface area (Å²) in [4.78, 5) is 8.16. The fourth-order valence-corrected chi connectivity index (χ4v) is 2.00. The molecule has 0 amide bonds. The maximum Gasteiger partial charge on any atom is 0.389 e. The number of alkyl halides is 3. The maximum atomic E-state index is 12.0. The molecule has 0 aromatic carbocycles. The van der Waals surface area contributed by atoms with Gasteiger partial charge in [-0.3, -0.25) is 0 Å². The molecule has 2 N–H and O–H groups in total. The molecule has 4 nitrogen and oxygen atoms in total. The van der Waals surface area contributed by atoms with Crippen molar-refractivity contribution in [2.75, 3.05) is 23.7 Å². The van der Waals surface area contributed by atoms with Crippen LogP contribution in [0.3, 0.4) is 0 Å². The predicted octanol–water partition coefficient (Wildman–Crippen LogP) is 4.21. The number of nitrogens with zero attached hydrogens (tertiary/aromatic N) is 2. The highest BCUT2D eigenvalue weighted by atomic mass is 79.9. The topological polar surface area (TPSA) is 49.8 Å². The zero-order chi connectivity index (χ0) is 15.0. The molecular formula is C12H18BrF3N4. The van der Waals surface area contributed by atoms with E-state index >= 15 is 0 Å². The Labute approximate surface area is 124 Å². The van der Waals surface area contributed by atoms with Gasteiger partial charge in [-0.25, -0.2) is 9.97 Å². The number of halogens is 4. The Balaban J connectivity index is 2.40. The first-order valence-corrected chi connectivity index (χ1v) is 7.28. The highest BCUT2D eigenvalue weighted by Gasteiger charge is 2.25. The first-order chi connectivity index (χ1) is 9.44. The van der Waals surface area contributed by atoms with Gasteiger partial charge in [0, 0.05) is 19.5 Å². The van der Waals surface area contributed by atoms with E-state index in [4.69, 9.17) is 0 Å². The summed E-state index contributed by atoms with van der Waals surface area (Å²) >= 11 is 3.38. The fourth-order valence-electron chi connectivity index (χ4n) is 1.52. The summed E-state index contributed by atoms with van der Waals surface area (Å²) in [6.07, 6.45) is -1.89. The van der Waals surface area contributed by atoms with E-state index in [-0.39, 0.29) is 6.42 Å². The van der Waals surface area contributed by atoms with E-state index in [1.165, 1.54) is 6.33 Å². The van der Waals surface area contributed by atoms with E-state index in [1.54, 1.807) is 0 Å². The average Bonchev–Trinajstić information content (AvgIpc) is 2.37. The van der Waals surface area contributed by atoms with Gasteiger partial charge in [-0.05, 0) is 35.2 Å². The van der Waals surface area contributed by atoms with Crippen molar-refractivity contribution in [2.24, 2.45) is 0 Å². The van der Waals surface area contributed by atoms with Crippen LogP contribution in [0.25, 0.3) is 0 Å². The second-order valence-electron chi connectivity index (χ2n) is 4.31. The zero-order valence-corrected chi connectivity index (χ0v) is 12.8. The molecule has 0 saturated carbocycles. The lowest BCUT2D eigenvalue weighted by Crippen LogP contribution is -2.10. The Bertz CT molecular complexity index is 412. The van der Waals surface area contributed by atoms with E-state index in [0.29, 0.717) is 29.1 Å². The van der Waals surface area contributed by atoms with Gasteiger partial charge in [-0.1, -0.05) is 6.92 Å². The van der Waals surface area contributed by atoms with Crippen LogP contribution in [-0.4, -0.2) is 29.2 Å². The van der Waals surface area contributed by atoms with Crippen molar-refractivity contribution < 1.29 is 13.2 Å². The van der Waals surface area contributed by atoms with Crippen LogP contribution in [0.1, 0.15) is 32.6 Å². The molecule has 0 bridgehead atoms. The summed E-state index contributed by atoms with van der Waals surface area (Å²) in [5, 5.41) is 6.15. The molecular weight excluding hydrogens is 337 g/mol. The third-order valence-corrected chi connectivity index (χ3v) is 3.26. The molecule has 0 saturated heterocycles. The molecule has 0 atom stereocenters. The minimum absolute atomic E-state index is 0.111. The third kappa shape index (κ3) is 6.40. The molecule has 8 heteroatoms. The molecule has 0 aliphatic rings. The molecule has 0 aliphatic heterocycles. The van der Waals surface area contributed by atoms with Gasteiger partial charge < -0.3 is 10.6 Å². The number of anilines is 2. The number of hydrogen-bond donors (Lipinski definition) is 2. The second kappa shape index (κ2) is 8.28. The summed E-state index contributed by atoms with van der Waals surface area (Å²) in [5.41, 5.74) is 0. The number of hydrogen-bond acceptors (Lipinski definition) is 4. The molecule has 0 unspecified atom stereocenters. The van der Waals surface area contributed by atoms with Crippen molar-refractivity contribution in [1.82, 2.24) is 9.97 Å². The quantitative estimate of drug-likeness (QED) is 0.686. The van der Waals surface area contributed by atoms with Crippen LogP contribution < -0.4 is 10.6 Å². The molecule has 0 fully saturated rings. The molecule has 1 heterocycles. The SMILES string of the molecule is CCCNc1ncnc(NCCCCC(F)(F)F)c1Br. The minimum Gasteiger partial charge on any atom is -0.369 e. The molecule has 0 radical (unpaired) electrons. The molecule has 114 valence electrons. The highest BCUT2D eigenvalue weighted by molar-refractivity contribution is 9.10. The number of aromatic nitrogens is 2. The summed E-state index contributed by atoms with van der Waals surface area (Å²) < 4.78 is 36.7. The van der Waals surface area contributed by atoms with Crippen LogP contribution in [0, 0.1) is 0 Å². The first-order valence-electron chi connectivity index (χ1n) is 6.49. The van der Waals surface area contributed by atoms with Crippen LogP contribution >= 0.6 is 15.9 Å². The first kappa shape index (κ1) is 17.0. The average molecular weight is 355 g/mol. The molecule has 1 aromatic rings. The molecule has 1 aromatic heterocycles. The second-order valence-corrected chi connectivity index (χ2v) is 5.10. The Morgan fingerprint density at radius 3 is 2.25 bits per heavy atom. The van der Waals surface area contributed by atoms with Gasteiger partial charge in [0.05, 0.1) is 0 Å². The van der Waals surface area contributed by atoms with Crippen molar-refractivity contribution in [3.05, 3.63) is 10.8 Å². The van der Waals surface area contributed by atoms with E-state index in [1.807, 2.05) is 6.92 Å². The standard InChI is InChI=1S/C12H18BrF3N4/c1-2-6-17-10-9(13)11(20-8-19-10)18-7-4-3-5-12(14,15)16/h8H,2-7H2,1H3,(H2,17,18,19,20). The summed E-state index contributed by atoms with van der Waals surface area (Å²) in [6, 6.07) is 0. The summed E-state index contributed by atoms with van der Waals surface area (Å²) in [7, 11) is 0. The monoisotopic (exact) mass is 354 g/mol. The van der Waals surface area contributed by atoms with Gasteiger partial charge >= 0.3 is 6.18 Å². The van der Waals surface area contributed by atoms with Crippen LogP contribution in [-0.2, 0) is 0 Å². The molecule has 1 rings (SSSR count). The van der Waals surface area contributed by atoms with Crippen molar-refractivity contribution in [3.63, 3.8) is 0 Å². The minimum atomic E-state index is -4.08. The number of nitrogens with one attached hydrogen (secondary N) is 2. The number of unbranched alkanes of at least 4 members (excludes halogenated alkanes) is 1. The zero-order valence-electron chi connectivity index (χ0n) is 11.2. The van der Waals surface area contributed by atoms with Crippen LogP contribution in [0.5, 0.6) is 0 Å². The molecule has 0 spiro atoms. The van der Waals surface area contributed by atoms with Crippen molar-refractivity contribution in [2.45, 2.75) is 38.8 Å². The van der Waals surface area contributed by atoms with Gasteiger partial charge in [0.25, 0.3) is 0 Å². The van der Waals surface area contributed by atoms with Crippen LogP contribution in [0.15, 0.2) is 10.8 Å². The van der Waals surface area contributed by atoms with Gasteiger partial charge in [0.2, 0.25) is 0 Å². The van der Waals surface area contributed by atoms with E-state index < -0.39 is 12.6 Å². The molecule has 0 aliphatic carbocycles. The lowest BCUT2D eigenvalue weighted by atomic mass is 10.2. The molecule has 20 heavy (non-hydrogen) atoms. The van der Waals surface area contributed by atoms with Gasteiger partial charge in [0.1, 0.15) is 22.4 Å². The van der Waals surface area contributed by atoms with Gasteiger partial charge in [-0.2, -0.15) is 13.2 Å². The normalized spacial score (nSPS) is 11.4. The van der Waals surface area contributed by atoms with Gasteiger partial charge in [-0.15, -0.1) is 0 Å². The van der Waals surface area contributed by atoms with Crippen molar-refractivity contribution in [3.8, 4) is 0 Å². The Morgan fingerprint density at radius 2 is 1.70 bits per heavy atom. The smallest absolute Gasteiger partial charge is 0.369 e. The fraction of sp³-hybridized carbons (Fsp3) is 0.667. The third-order valence-electron chi connectivity index (χ3n) is 2.51. The van der Waals surface area contributed by atoms with Crippen LogP contribution in [0.2, 0.25) is 0 Å². The van der Waals surface area contributed by atoms with E-state index in [9.17, 15) is 13.2 Å². The number of rotatable bonds is 8. The van der Waals surface area contributed by atoms with Gasteiger partial charge in [0.15, 0.2) is 0 Å².